The Morgan fingerprint density at radius 1 is 1.13 bits per heavy atom. The van der Waals surface area contributed by atoms with Crippen LogP contribution >= 0.6 is 0 Å². The number of carbonyl (C=O) groups excluding carboxylic acids is 1. The van der Waals surface area contributed by atoms with Crippen LogP contribution in [0, 0.1) is 0 Å². The van der Waals surface area contributed by atoms with Crippen LogP contribution in [-0.2, 0) is 17.6 Å². The first-order chi connectivity index (χ1) is 11.6. The van der Waals surface area contributed by atoms with Crippen LogP contribution in [0.1, 0.15) is 25.8 Å². The van der Waals surface area contributed by atoms with Gasteiger partial charge in [-0.1, -0.05) is 18.2 Å². The van der Waals surface area contributed by atoms with Gasteiger partial charge in [0, 0.05) is 24.6 Å². The van der Waals surface area contributed by atoms with Gasteiger partial charge in [-0.3, -0.25) is 0 Å². The molecule has 0 fully saturated rings. The Hall–Kier alpha value is -2.55. The van der Waals surface area contributed by atoms with Crippen molar-refractivity contribution < 1.29 is 10.9 Å². The van der Waals surface area contributed by atoms with Gasteiger partial charge < -0.3 is 14.5 Å². The quantitative estimate of drug-likeness (QED) is 0.706. The lowest BCUT2D eigenvalue weighted by Gasteiger charge is -2.07. The van der Waals surface area contributed by atoms with E-state index in [1.807, 2.05) is 36.4 Å². The first kappa shape index (κ1) is 14.1. The molecule has 0 aliphatic rings. The number of ether oxygens (including phenoxy) is 1. The number of hydrogen-bond acceptors (Lipinski definition) is 2. The second kappa shape index (κ2) is 7.14. The highest BCUT2D eigenvalue weighted by atomic mass is 16.5. The number of hydrogen-bond donors (Lipinski definition) is 1. The fourth-order valence-corrected chi connectivity index (χ4v) is 2.54. The van der Waals surface area contributed by atoms with Crippen LogP contribution in [0.4, 0.5) is 0 Å². The third kappa shape index (κ3) is 4.22. The molecule has 0 aliphatic carbocycles. The van der Waals surface area contributed by atoms with Crippen molar-refractivity contribution in [2.75, 3.05) is 6.61 Å². The minimum absolute atomic E-state index is 0.213. The zero-order valence-electron chi connectivity index (χ0n) is 14.3. The second-order valence-electron chi connectivity index (χ2n) is 5.76. The summed E-state index contributed by atoms with van der Waals surface area (Å²) in [5, 5.41) is 0.947. The Balaban J connectivity index is 1.53. The zero-order valence-corrected chi connectivity index (χ0v) is 13.3. The number of aryl methyl sites for hydroxylation is 1. The lowest BCUT2D eigenvalue weighted by molar-refractivity contribution is -0.116. The highest BCUT2D eigenvalue weighted by molar-refractivity contribution is 5.79. The van der Waals surface area contributed by atoms with Crippen molar-refractivity contribution in [1.29, 1.82) is 0 Å². The van der Waals surface area contributed by atoms with Crippen LogP contribution in [0.15, 0.2) is 54.7 Å². The summed E-state index contributed by atoms with van der Waals surface area (Å²) in [7, 11) is 0. The molecule has 0 saturated heterocycles. The van der Waals surface area contributed by atoms with E-state index in [2.05, 4.69) is 11.1 Å². The predicted molar refractivity (Wildman–Crippen MR) is 92.9 cm³/mol. The van der Waals surface area contributed by atoms with E-state index >= 15 is 0 Å². The molecule has 0 spiro atoms. The molecule has 0 aliphatic heterocycles. The number of aromatic amines is 1. The van der Waals surface area contributed by atoms with Gasteiger partial charge in [0.25, 0.3) is 0 Å². The number of H-pyrrole nitrogens is 1. The molecule has 1 heterocycles. The van der Waals surface area contributed by atoms with Gasteiger partial charge in [-0.25, -0.2) is 0 Å². The fraction of sp³-hybridized carbons (Fsp3) is 0.250. The maximum atomic E-state index is 11.0. The highest BCUT2D eigenvalue weighted by Gasteiger charge is 2.00. The summed E-state index contributed by atoms with van der Waals surface area (Å²) in [6.07, 6.45) is 3.87. The van der Waals surface area contributed by atoms with Gasteiger partial charge in [0.2, 0.25) is 0 Å². The molecule has 0 unspecified atom stereocenters. The van der Waals surface area contributed by atoms with Crippen LogP contribution in [0.2, 0.25) is 0 Å². The molecule has 1 N–H and O–H groups in total. The lowest BCUT2D eigenvalue weighted by Crippen LogP contribution is -2.01. The van der Waals surface area contributed by atoms with E-state index in [-0.39, 0.29) is 5.78 Å². The molecule has 3 nitrogen and oxygen atoms in total. The summed E-state index contributed by atoms with van der Waals surface area (Å²) in [4.78, 5) is 14.1. The second-order valence-corrected chi connectivity index (χ2v) is 5.76. The molecule has 3 heteroatoms. The molecule has 1 aromatic heterocycles. The summed E-state index contributed by atoms with van der Waals surface area (Å²) >= 11 is 0. The molecule has 23 heavy (non-hydrogen) atoms. The van der Waals surface area contributed by atoms with E-state index in [1.165, 1.54) is 0 Å². The number of ketones is 1. The maximum absolute atomic E-state index is 11.0. The van der Waals surface area contributed by atoms with Gasteiger partial charge >= 0.3 is 0 Å². The van der Waals surface area contributed by atoms with Gasteiger partial charge in [0.15, 0.2) is 0 Å². The molecule has 0 saturated carbocycles. The number of rotatable bonds is 7. The van der Waals surface area contributed by atoms with Crippen LogP contribution in [0.25, 0.3) is 10.9 Å². The highest BCUT2D eigenvalue weighted by Crippen LogP contribution is 2.16. The van der Waals surface area contributed by atoms with Gasteiger partial charge in [-0.05, 0) is 60.2 Å². The standard InChI is InChI=1S/C20H21NO2/c1-15(22)2-3-16-4-7-19(8-5-16)23-13-11-17-6-9-20-18(14-17)10-12-21-20/h4-10,12,14,21H,2-3,11,13H2,1H3/i10D. The Kier molecular flexibility index (Phi) is 4.37. The van der Waals surface area contributed by atoms with E-state index in [1.54, 1.807) is 13.1 Å². The number of carbonyl (C=O) groups is 1. The van der Waals surface area contributed by atoms with E-state index < -0.39 is 0 Å². The Morgan fingerprint density at radius 2 is 1.91 bits per heavy atom. The van der Waals surface area contributed by atoms with Crippen molar-refractivity contribution in [3.05, 3.63) is 65.8 Å². The van der Waals surface area contributed by atoms with Gasteiger partial charge in [-0.2, -0.15) is 0 Å². The van der Waals surface area contributed by atoms with Crippen molar-refractivity contribution in [3.63, 3.8) is 0 Å². The first-order valence-corrected chi connectivity index (χ1v) is 7.89. The zero-order chi connectivity index (χ0) is 16.9. The SMILES string of the molecule is [2H]c1c[nH]c2ccc(CCOc3ccc(CCC(C)=O)cc3)cc12. The number of fused-ring (bicyclic) bond motifs is 1. The van der Waals surface area contributed by atoms with Crippen molar-refractivity contribution >= 4 is 16.7 Å². The average Bonchev–Trinajstić information content (AvgIpc) is 2.95. The number of nitrogens with one attached hydrogen (secondary N) is 1. The normalized spacial score (nSPS) is 11.4. The van der Waals surface area contributed by atoms with Gasteiger partial charge in [0.1, 0.15) is 11.5 Å². The van der Waals surface area contributed by atoms with Crippen LogP contribution in [0.3, 0.4) is 0 Å². The van der Waals surface area contributed by atoms with Crippen molar-refractivity contribution in [2.45, 2.75) is 26.2 Å². The van der Waals surface area contributed by atoms with E-state index in [0.717, 1.165) is 40.6 Å². The Labute approximate surface area is 137 Å². The van der Waals surface area contributed by atoms with E-state index in [4.69, 9.17) is 6.11 Å². The predicted octanol–water partition coefficient (Wildman–Crippen LogP) is 4.31. The summed E-state index contributed by atoms with van der Waals surface area (Å²) in [5.41, 5.74) is 3.30. The van der Waals surface area contributed by atoms with Crippen molar-refractivity contribution in [2.24, 2.45) is 0 Å². The van der Waals surface area contributed by atoms with Crippen LogP contribution in [-0.4, -0.2) is 17.4 Å². The largest absolute Gasteiger partial charge is 0.493 e. The van der Waals surface area contributed by atoms with E-state index in [0.29, 0.717) is 19.1 Å². The summed E-state index contributed by atoms with van der Waals surface area (Å²) in [5.74, 6) is 1.05. The molecule has 0 bridgehead atoms. The smallest absolute Gasteiger partial charge is 0.130 e. The third-order valence-corrected chi connectivity index (χ3v) is 3.89. The molecular weight excluding hydrogens is 286 g/mol. The minimum atomic E-state index is 0.213. The number of Topliss-reactive ketones (excluding diaryl/α,β-unsaturated/α-hetero) is 1. The molecule has 0 amide bonds. The van der Waals surface area contributed by atoms with E-state index in [9.17, 15) is 4.79 Å². The third-order valence-electron chi connectivity index (χ3n) is 3.89. The summed E-state index contributed by atoms with van der Waals surface area (Å²) in [6, 6.07) is 14.6. The molecule has 0 radical (unpaired) electrons. The number of aromatic nitrogens is 1. The topological polar surface area (TPSA) is 42.1 Å². The molecular formula is C20H21NO2. The maximum Gasteiger partial charge on any atom is 0.130 e. The van der Waals surface area contributed by atoms with Crippen LogP contribution < -0.4 is 4.74 Å². The van der Waals surface area contributed by atoms with Gasteiger partial charge in [-0.15, -0.1) is 0 Å². The Morgan fingerprint density at radius 3 is 2.70 bits per heavy atom. The average molecular weight is 308 g/mol. The minimum Gasteiger partial charge on any atom is -0.493 e. The van der Waals surface area contributed by atoms with Crippen LogP contribution in [0.5, 0.6) is 5.75 Å². The van der Waals surface area contributed by atoms with Crippen molar-refractivity contribution in [3.8, 4) is 5.75 Å². The Bertz CT molecular complexity index is 836. The molecule has 3 aromatic rings. The monoisotopic (exact) mass is 308 g/mol. The summed E-state index contributed by atoms with van der Waals surface area (Å²) in [6.45, 7) is 2.21. The number of benzene rings is 2. The van der Waals surface area contributed by atoms with Crippen molar-refractivity contribution in [1.82, 2.24) is 4.98 Å². The molecule has 0 atom stereocenters. The molecule has 3 rings (SSSR count). The lowest BCUT2D eigenvalue weighted by atomic mass is 10.1. The van der Waals surface area contributed by atoms with Gasteiger partial charge in [0.05, 0.1) is 7.98 Å². The molecule has 2 aromatic carbocycles. The molecule has 118 valence electrons. The first-order valence-electron chi connectivity index (χ1n) is 8.39. The fourth-order valence-electron chi connectivity index (χ4n) is 2.54. The summed E-state index contributed by atoms with van der Waals surface area (Å²) < 4.78 is 13.6.